The van der Waals surface area contributed by atoms with Gasteiger partial charge in [-0.05, 0) is 47.4 Å². The minimum Gasteiger partial charge on any atom is -0.273 e. The van der Waals surface area contributed by atoms with Crippen LogP contribution in [0.4, 0.5) is 5.69 Å². The van der Waals surface area contributed by atoms with Gasteiger partial charge in [0.05, 0.1) is 23.9 Å². The Hall–Kier alpha value is -3.20. The third-order valence-electron chi connectivity index (χ3n) is 4.49. The highest BCUT2D eigenvalue weighted by Crippen LogP contribution is 2.36. The molecule has 0 aliphatic heterocycles. The van der Waals surface area contributed by atoms with Crippen molar-refractivity contribution in [3.8, 4) is 6.07 Å². The number of pyridine rings is 1. The standard InChI is InChI=1S/C23H18Cl2N4O/c1-15-10-19(29(16(2)30)28-13-17-6-4-3-5-7-17)11-21(24)23(15)20(12-26)18-8-9-22(25)27-14-18/h3-11,13-14,20H,1-2H3/b28-13+. The van der Waals surface area contributed by atoms with Crippen LogP contribution >= 0.6 is 23.2 Å². The van der Waals surface area contributed by atoms with Gasteiger partial charge in [0.15, 0.2) is 0 Å². The Morgan fingerprint density at radius 2 is 1.93 bits per heavy atom. The van der Waals surface area contributed by atoms with E-state index in [2.05, 4.69) is 16.2 Å². The fourth-order valence-electron chi connectivity index (χ4n) is 3.08. The Morgan fingerprint density at radius 3 is 2.50 bits per heavy atom. The highest BCUT2D eigenvalue weighted by atomic mass is 35.5. The smallest absolute Gasteiger partial charge is 0.244 e. The number of aryl methyl sites for hydroxylation is 1. The minimum absolute atomic E-state index is 0.260. The number of nitriles is 1. The van der Waals surface area contributed by atoms with Gasteiger partial charge in [-0.3, -0.25) is 4.79 Å². The first kappa shape index (κ1) is 21.5. The van der Waals surface area contributed by atoms with E-state index in [1.807, 2.05) is 37.3 Å². The molecule has 0 N–H and O–H groups in total. The molecule has 1 atom stereocenters. The molecule has 30 heavy (non-hydrogen) atoms. The van der Waals surface area contributed by atoms with Gasteiger partial charge in [0.1, 0.15) is 5.15 Å². The normalized spacial score (nSPS) is 11.8. The summed E-state index contributed by atoms with van der Waals surface area (Å²) in [6.45, 7) is 3.27. The average Bonchev–Trinajstić information content (AvgIpc) is 2.72. The van der Waals surface area contributed by atoms with Crippen LogP contribution < -0.4 is 5.01 Å². The molecule has 1 amide bonds. The molecule has 3 rings (SSSR count). The molecule has 1 unspecified atom stereocenters. The first-order valence-corrected chi connectivity index (χ1v) is 9.87. The van der Waals surface area contributed by atoms with Gasteiger partial charge in [-0.25, -0.2) is 9.99 Å². The van der Waals surface area contributed by atoms with Crippen LogP contribution in [0.25, 0.3) is 0 Å². The summed E-state index contributed by atoms with van der Waals surface area (Å²) in [5, 5.41) is 16.1. The molecule has 0 saturated carbocycles. The highest BCUT2D eigenvalue weighted by molar-refractivity contribution is 6.32. The fraction of sp³-hybridized carbons (Fsp3) is 0.130. The SMILES string of the molecule is CC(=O)N(/N=C/c1ccccc1)c1cc(C)c(C(C#N)c2ccc(Cl)nc2)c(Cl)c1. The maximum Gasteiger partial charge on any atom is 0.244 e. The molecule has 1 aromatic heterocycles. The summed E-state index contributed by atoms with van der Waals surface area (Å²) >= 11 is 12.4. The van der Waals surface area contributed by atoms with Gasteiger partial charge in [-0.2, -0.15) is 10.4 Å². The van der Waals surface area contributed by atoms with Crippen molar-refractivity contribution in [2.24, 2.45) is 5.10 Å². The van der Waals surface area contributed by atoms with Gasteiger partial charge < -0.3 is 0 Å². The molecule has 3 aromatic rings. The van der Waals surface area contributed by atoms with Crippen molar-refractivity contribution >= 4 is 41.0 Å². The number of aromatic nitrogens is 1. The molecule has 0 radical (unpaired) electrons. The van der Waals surface area contributed by atoms with E-state index in [9.17, 15) is 10.1 Å². The van der Waals surface area contributed by atoms with Crippen molar-refractivity contribution in [2.45, 2.75) is 19.8 Å². The second-order valence-electron chi connectivity index (χ2n) is 6.62. The van der Waals surface area contributed by atoms with E-state index >= 15 is 0 Å². The summed E-state index contributed by atoms with van der Waals surface area (Å²) in [5.74, 6) is -0.876. The molecule has 0 bridgehead atoms. The van der Waals surface area contributed by atoms with Crippen molar-refractivity contribution in [3.05, 3.63) is 93.2 Å². The van der Waals surface area contributed by atoms with Gasteiger partial charge in [0.2, 0.25) is 5.91 Å². The number of nitrogens with zero attached hydrogens (tertiary/aromatic N) is 4. The lowest BCUT2D eigenvalue weighted by molar-refractivity contribution is -0.116. The molecule has 0 fully saturated rings. The van der Waals surface area contributed by atoms with Gasteiger partial charge >= 0.3 is 0 Å². The van der Waals surface area contributed by atoms with Gasteiger partial charge in [-0.1, -0.05) is 59.6 Å². The average molecular weight is 437 g/mol. The van der Waals surface area contributed by atoms with Crippen LogP contribution in [0.1, 0.15) is 35.1 Å². The summed E-state index contributed by atoms with van der Waals surface area (Å²) in [6.07, 6.45) is 3.17. The summed E-state index contributed by atoms with van der Waals surface area (Å²) in [5.41, 5.74) is 3.49. The second kappa shape index (κ2) is 9.53. The largest absolute Gasteiger partial charge is 0.273 e. The lowest BCUT2D eigenvalue weighted by atomic mass is 9.90. The number of rotatable bonds is 5. The molecule has 0 aliphatic rings. The maximum absolute atomic E-state index is 12.2. The van der Waals surface area contributed by atoms with E-state index in [-0.39, 0.29) is 5.91 Å². The predicted molar refractivity (Wildman–Crippen MR) is 120 cm³/mol. The molecule has 2 aromatic carbocycles. The highest BCUT2D eigenvalue weighted by Gasteiger charge is 2.22. The van der Waals surface area contributed by atoms with Crippen LogP contribution in [0, 0.1) is 18.3 Å². The van der Waals surface area contributed by atoms with Gasteiger partial charge in [0.25, 0.3) is 0 Å². The van der Waals surface area contributed by atoms with Crippen LogP contribution in [0.3, 0.4) is 0 Å². The molecule has 0 spiro atoms. The zero-order valence-electron chi connectivity index (χ0n) is 16.4. The topological polar surface area (TPSA) is 69.3 Å². The summed E-state index contributed by atoms with van der Waals surface area (Å²) in [7, 11) is 0. The molecule has 0 saturated heterocycles. The van der Waals surface area contributed by atoms with Crippen molar-refractivity contribution in [1.29, 1.82) is 5.26 Å². The maximum atomic E-state index is 12.2. The summed E-state index contributed by atoms with van der Waals surface area (Å²) in [6, 6.07) is 18.6. The number of anilines is 1. The lowest BCUT2D eigenvalue weighted by Gasteiger charge is -2.20. The number of hydrazone groups is 1. The van der Waals surface area contributed by atoms with E-state index in [1.165, 1.54) is 11.9 Å². The molecule has 150 valence electrons. The van der Waals surface area contributed by atoms with E-state index in [1.54, 1.807) is 36.7 Å². The Balaban J connectivity index is 1.99. The quantitative estimate of drug-likeness (QED) is 0.290. The number of hydrogen-bond acceptors (Lipinski definition) is 4. The van der Waals surface area contributed by atoms with Crippen LogP contribution in [0.5, 0.6) is 0 Å². The summed E-state index contributed by atoms with van der Waals surface area (Å²) < 4.78 is 0. The van der Waals surface area contributed by atoms with Crippen LogP contribution in [-0.4, -0.2) is 17.1 Å². The zero-order valence-corrected chi connectivity index (χ0v) is 17.9. The minimum atomic E-state index is -0.616. The van der Waals surface area contributed by atoms with E-state index in [0.717, 1.165) is 11.1 Å². The number of benzene rings is 2. The van der Waals surface area contributed by atoms with Gasteiger partial charge in [-0.15, -0.1) is 0 Å². The summed E-state index contributed by atoms with van der Waals surface area (Å²) in [4.78, 5) is 16.3. The fourth-order valence-corrected chi connectivity index (χ4v) is 3.56. The number of carbonyl (C=O) groups excluding carboxylic acids is 1. The molecular formula is C23H18Cl2N4O. The first-order chi connectivity index (χ1) is 14.4. The van der Waals surface area contributed by atoms with Crippen molar-refractivity contribution in [1.82, 2.24) is 4.98 Å². The van der Waals surface area contributed by atoms with E-state index in [0.29, 0.717) is 27.0 Å². The second-order valence-corrected chi connectivity index (χ2v) is 7.42. The van der Waals surface area contributed by atoms with Crippen LogP contribution in [-0.2, 0) is 4.79 Å². The Kier molecular flexibility index (Phi) is 6.83. The lowest BCUT2D eigenvalue weighted by Crippen LogP contribution is -2.22. The van der Waals surface area contributed by atoms with Crippen LogP contribution in [0.15, 0.2) is 65.9 Å². The van der Waals surface area contributed by atoms with Crippen molar-refractivity contribution < 1.29 is 4.79 Å². The van der Waals surface area contributed by atoms with Crippen molar-refractivity contribution in [3.63, 3.8) is 0 Å². The monoisotopic (exact) mass is 436 g/mol. The van der Waals surface area contributed by atoms with Gasteiger partial charge in [0, 0.05) is 18.1 Å². The number of carbonyl (C=O) groups is 1. The third-order valence-corrected chi connectivity index (χ3v) is 5.02. The molecule has 1 heterocycles. The van der Waals surface area contributed by atoms with E-state index < -0.39 is 5.92 Å². The predicted octanol–water partition coefficient (Wildman–Crippen LogP) is 5.74. The van der Waals surface area contributed by atoms with E-state index in [4.69, 9.17) is 23.2 Å². The van der Waals surface area contributed by atoms with Crippen LogP contribution in [0.2, 0.25) is 10.2 Å². The third kappa shape index (κ3) is 4.85. The number of hydrogen-bond donors (Lipinski definition) is 0. The number of amides is 1. The first-order valence-electron chi connectivity index (χ1n) is 9.11. The zero-order chi connectivity index (χ0) is 21.7. The molecule has 0 aliphatic carbocycles. The Labute approximate surface area is 185 Å². The molecule has 5 nitrogen and oxygen atoms in total. The molecular weight excluding hydrogens is 419 g/mol. The Morgan fingerprint density at radius 1 is 1.20 bits per heavy atom. The number of halogens is 2. The Bertz CT molecular complexity index is 1100. The molecule has 7 heteroatoms. The van der Waals surface area contributed by atoms with Crippen molar-refractivity contribution in [2.75, 3.05) is 5.01 Å².